The Morgan fingerprint density at radius 1 is 0.659 bits per heavy atom. The number of fused-ring (bicyclic) bond motifs is 2. The van der Waals surface area contributed by atoms with Crippen molar-refractivity contribution in [2.75, 3.05) is 0 Å². The van der Waals surface area contributed by atoms with Gasteiger partial charge in [-0.25, -0.2) is 4.98 Å². The predicted octanol–water partition coefficient (Wildman–Crippen LogP) is 9.99. The van der Waals surface area contributed by atoms with Gasteiger partial charge in [0, 0.05) is 33.8 Å². The van der Waals surface area contributed by atoms with Crippen LogP contribution in [0.3, 0.4) is 0 Å². The molecule has 206 valence electrons. The Morgan fingerprint density at radius 2 is 1.34 bits per heavy atom. The predicted molar refractivity (Wildman–Crippen MR) is 169 cm³/mol. The quantitative estimate of drug-likeness (QED) is 0.243. The third-order valence-electron chi connectivity index (χ3n) is 7.90. The molecule has 6 aromatic rings. The number of aromatic hydroxyl groups is 1. The largest absolute Gasteiger partial charge is 0.507 e. The summed E-state index contributed by atoms with van der Waals surface area (Å²) in [5.41, 5.74) is 10.6. The summed E-state index contributed by atoms with van der Waals surface area (Å²) in [5, 5.41) is 11.7. The number of hydrogen-bond acceptors (Lipinski definition) is 4. The van der Waals surface area contributed by atoms with Crippen LogP contribution in [-0.4, -0.2) is 15.1 Å². The number of hydrogen-bond donors (Lipinski definition) is 1. The molecule has 0 fully saturated rings. The summed E-state index contributed by atoms with van der Waals surface area (Å²) in [6, 6.07) is 26.5. The summed E-state index contributed by atoms with van der Waals surface area (Å²) in [5.74, 6) is 0.769. The highest BCUT2D eigenvalue weighted by molar-refractivity contribution is 5.97. The lowest BCUT2D eigenvalue weighted by molar-refractivity contribution is 0.477. The fraction of sp³-hybridized carbons (Fsp3) is 0.243. The van der Waals surface area contributed by atoms with Crippen molar-refractivity contribution < 1.29 is 9.52 Å². The van der Waals surface area contributed by atoms with Crippen LogP contribution in [0.4, 0.5) is 0 Å². The molecule has 0 unspecified atom stereocenters. The van der Waals surface area contributed by atoms with Gasteiger partial charge in [-0.1, -0.05) is 77.9 Å². The first-order valence-corrected chi connectivity index (χ1v) is 14.1. The number of rotatable bonds is 3. The highest BCUT2D eigenvalue weighted by Crippen LogP contribution is 2.40. The maximum atomic E-state index is 10.6. The molecule has 0 bridgehead atoms. The van der Waals surface area contributed by atoms with Gasteiger partial charge in [-0.15, -0.1) is 0 Å². The van der Waals surface area contributed by atoms with Gasteiger partial charge in [0.2, 0.25) is 5.89 Å². The second-order valence-electron chi connectivity index (χ2n) is 13.0. The van der Waals surface area contributed by atoms with E-state index in [0.29, 0.717) is 11.5 Å². The van der Waals surface area contributed by atoms with E-state index in [0.717, 1.165) is 38.9 Å². The second kappa shape index (κ2) is 9.59. The average molecular weight is 541 g/mol. The van der Waals surface area contributed by atoms with E-state index in [9.17, 15) is 5.11 Å². The molecule has 4 aromatic carbocycles. The van der Waals surface area contributed by atoms with Crippen molar-refractivity contribution in [1.82, 2.24) is 9.97 Å². The SMILES string of the molecule is Cc1ccnc2c(-c3cc(-c4nc5c(-c6ccccc6O)cccc5o4)cc(C(C)(C)C)c3)cc(C(C)(C)C)cc12. The standard InChI is InChI=1S/C37H36N2O2/c1-22-15-16-38-33-29(22)20-26(37(5,6)7)21-30(33)23-17-24(19-25(18-23)36(2,3)4)35-39-34-28(12-10-14-32(34)41-35)27-11-8-9-13-31(27)40/h8-21,40H,1-7H3. The number of nitrogens with zero attached hydrogens (tertiary/aromatic N) is 2. The van der Waals surface area contributed by atoms with Gasteiger partial charge in [0.25, 0.3) is 0 Å². The summed E-state index contributed by atoms with van der Waals surface area (Å²) in [6.45, 7) is 15.6. The Hall–Kier alpha value is -4.44. The van der Waals surface area contributed by atoms with E-state index in [-0.39, 0.29) is 16.6 Å². The number of oxazole rings is 1. The smallest absolute Gasteiger partial charge is 0.227 e. The Bertz CT molecular complexity index is 1930. The fourth-order valence-electron chi connectivity index (χ4n) is 5.37. The fourth-order valence-corrected chi connectivity index (χ4v) is 5.37. The molecule has 0 aliphatic carbocycles. The average Bonchev–Trinajstić information content (AvgIpc) is 3.37. The first kappa shape index (κ1) is 26.8. The van der Waals surface area contributed by atoms with E-state index in [1.165, 1.54) is 22.1 Å². The van der Waals surface area contributed by atoms with Gasteiger partial charge in [0.05, 0.1) is 5.52 Å². The Morgan fingerprint density at radius 3 is 2.07 bits per heavy atom. The van der Waals surface area contributed by atoms with Crippen LogP contribution in [0.15, 0.2) is 89.5 Å². The van der Waals surface area contributed by atoms with Crippen LogP contribution in [0, 0.1) is 6.92 Å². The lowest BCUT2D eigenvalue weighted by Gasteiger charge is -2.24. The lowest BCUT2D eigenvalue weighted by Crippen LogP contribution is -2.12. The monoisotopic (exact) mass is 540 g/mol. The van der Waals surface area contributed by atoms with Crippen LogP contribution in [0.5, 0.6) is 5.75 Å². The zero-order valence-electron chi connectivity index (χ0n) is 24.8. The molecule has 0 atom stereocenters. The van der Waals surface area contributed by atoms with E-state index in [1.807, 2.05) is 42.6 Å². The molecule has 2 heterocycles. The number of aryl methyl sites for hydroxylation is 1. The summed E-state index contributed by atoms with van der Waals surface area (Å²) in [7, 11) is 0. The molecule has 0 saturated heterocycles. The number of pyridine rings is 1. The summed E-state index contributed by atoms with van der Waals surface area (Å²) in [6.07, 6.45) is 1.90. The Kier molecular flexibility index (Phi) is 6.26. The summed E-state index contributed by atoms with van der Waals surface area (Å²) >= 11 is 0. The van der Waals surface area contributed by atoms with Crippen LogP contribution < -0.4 is 0 Å². The minimum atomic E-state index is -0.0987. The zero-order valence-corrected chi connectivity index (χ0v) is 24.8. The molecular formula is C37H36N2O2. The van der Waals surface area contributed by atoms with Gasteiger partial charge in [-0.3, -0.25) is 4.98 Å². The van der Waals surface area contributed by atoms with Crippen molar-refractivity contribution in [3.05, 3.63) is 102 Å². The highest BCUT2D eigenvalue weighted by Gasteiger charge is 2.23. The van der Waals surface area contributed by atoms with Gasteiger partial charge in [0.1, 0.15) is 11.3 Å². The highest BCUT2D eigenvalue weighted by atomic mass is 16.3. The maximum Gasteiger partial charge on any atom is 0.227 e. The van der Waals surface area contributed by atoms with Gasteiger partial charge in [0.15, 0.2) is 5.58 Å². The van der Waals surface area contributed by atoms with E-state index >= 15 is 0 Å². The van der Waals surface area contributed by atoms with Gasteiger partial charge in [-0.2, -0.15) is 0 Å². The van der Waals surface area contributed by atoms with Crippen molar-refractivity contribution >= 4 is 22.0 Å². The Balaban J connectivity index is 1.61. The van der Waals surface area contributed by atoms with E-state index in [1.54, 1.807) is 6.07 Å². The Labute approximate surface area is 241 Å². The molecular weight excluding hydrogens is 504 g/mol. The van der Waals surface area contributed by atoms with E-state index in [4.69, 9.17) is 14.4 Å². The molecule has 4 heteroatoms. The third-order valence-corrected chi connectivity index (χ3v) is 7.90. The van der Waals surface area contributed by atoms with Gasteiger partial charge in [-0.05, 0) is 82.5 Å². The molecule has 0 radical (unpaired) electrons. The topological polar surface area (TPSA) is 59.2 Å². The summed E-state index contributed by atoms with van der Waals surface area (Å²) in [4.78, 5) is 9.86. The molecule has 0 spiro atoms. The molecule has 41 heavy (non-hydrogen) atoms. The minimum absolute atomic E-state index is 0.0185. The molecule has 0 amide bonds. The number of para-hydroxylation sites is 2. The van der Waals surface area contributed by atoms with Gasteiger partial charge >= 0.3 is 0 Å². The molecule has 6 rings (SSSR count). The van der Waals surface area contributed by atoms with Crippen LogP contribution in [0.2, 0.25) is 0 Å². The molecule has 1 N–H and O–H groups in total. The second-order valence-corrected chi connectivity index (χ2v) is 13.0. The lowest BCUT2D eigenvalue weighted by atomic mass is 9.81. The van der Waals surface area contributed by atoms with E-state index < -0.39 is 0 Å². The zero-order chi connectivity index (χ0) is 29.1. The number of aromatic nitrogens is 2. The molecule has 2 aromatic heterocycles. The van der Waals surface area contributed by atoms with Crippen LogP contribution >= 0.6 is 0 Å². The summed E-state index contributed by atoms with van der Waals surface area (Å²) < 4.78 is 6.39. The van der Waals surface area contributed by atoms with Crippen molar-refractivity contribution in [1.29, 1.82) is 0 Å². The van der Waals surface area contributed by atoms with Crippen molar-refractivity contribution in [3.63, 3.8) is 0 Å². The van der Waals surface area contributed by atoms with Crippen molar-refractivity contribution in [2.24, 2.45) is 0 Å². The molecule has 0 saturated carbocycles. The van der Waals surface area contributed by atoms with Crippen LogP contribution in [0.1, 0.15) is 58.2 Å². The number of benzene rings is 4. The van der Waals surface area contributed by atoms with Gasteiger partial charge < -0.3 is 9.52 Å². The molecule has 4 nitrogen and oxygen atoms in total. The number of phenols is 1. The van der Waals surface area contributed by atoms with E-state index in [2.05, 4.69) is 84.9 Å². The maximum absolute atomic E-state index is 10.6. The van der Waals surface area contributed by atoms with Crippen molar-refractivity contribution in [3.8, 4) is 39.5 Å². The first-order valence-electron chi connectivity index (χ1n) is 14.1. The molecule has 0 aliphatic heterocycles. The van der Waals surface area contributed by atoms with Crippen LogP contribution in [0.25, 0.3) is 55.7 Å². The molecule has 0 aliphatic rings. The number of phenolic OH excluding ortho intramolecular Hbond substituents is 1. The third kappa shape index (κ3) is 4.88. The normalized spacial score (nSPS) is 12.4. The van der Waals surface area contributed by atoms with Crippen molar-refractivity contribution in [2.45, 2.75) is 59.3 Å². The first-order chi connectivity index (χ1) is 19.4. The van der Waals surface area contributed by atoms with Crippen LogP contribution in [-0.2, 0) is 10.8 Å². The minimum Gasteiger partial charge on any atom is -0.507 e.